The van der Waals surface area contributed by atoms with Gasteiger partial charge in [-0.25, -0.2) is 0 Å². The Morgan fingerprint density at radius 3 is 1.31 bits per heavy atom. The molecule has 0 aromatic heterocycles. The van der Waals surface area contributed by atoms with Crippen LogP contribution in [0.3, 0.4) is 0 Å². The molecule has 0 saturated carbocycles. The van der Waals surface area contributed by atoms with Crippen molar-refractivity contribution in [2.75, 3.05) is 0 Å². The summed E-state index contributed by atoms with van der Waals surface area (Å²) in [7, 11) is 0. The minimum absolute atomic E-state index is 0. The van der Waals surface area contributed by atoms with Gasteiger partial charge in [0.1, 0.15) is 0 Å². The van der Waals surface area contributed by atoms with Crippen LogP contribution in [0.5, 0.6) is 0 Å². The molecule has 0 atom stereocenters. The molecule has 2 aliphatic carbocycles. The van der Waals surface area contributed by atoms with E-state index in [1.807, 2.05) is 6.66 Å². The van der Waals surface area contributed by atoms with E-state index in [4.69, 9.17) is 0 Å². The Balaban J connectivity index is 0.00000181. The molecule has 32 heavy (non-hydrogen) atoms. The van der Waals surface area contributed by atoms with Crippen molar-refractivity contribution in [3.63, 3.8) is 0 Å². The predicted octanol–water partition coefficient (Wildman–Crippen LogP) is 8.47. The molecule has 4 rings (SSSR count). The van der Waals surface area contributed by atoms with Crippen molar-refractivity contribution in [3.8, 4) is 0 Å². The van der Waals surface area contributed by atoms with Gasteiger partial charge < -0.3 is 0 Å². The molecular weight excluding hydrogens is 614 g/mol. The molecule has 0 N–H and O–H groups in total. The molecular formula is C28H36Cl2HfSi. The minimum Gasteiger partial charge on any atom is -0.147 e. The molecule has 0 heterocycles. The van der Waals surface area contributed by atoms with Crippen LogP contribution in [0, 0.1) is 0 Å². The second-order valence-corrected chi connectivity index (χ2v) is 50.8. The van der Waals surface area contributed by atoms with Crippen LogP contribution < -0.4 is 0 Å². The van der Waals surface area contributed by atoms with E-state index >= 15 is 0 Å². The fourth-order valence-corrected chi connectivity index (χ4v) is 27.1. The van der Waals surface area contributed by atoms with Crippen LogP contribution >= 0.6 is 24.8 Å². The average Bonchev–Trinajstić information content (AvgIpc) is 3.41. The van der Waals surface area contributed by atoms with Crippen molar-refractivity contribution in [2.24, 2.45) is 0 Å². The Hall–Kier alpha value is -0.933. The molecule has 2 aromatic carbocycles. The normalized spacial score (nSPS) is 16.4. The summed E-state index contributed by atoms with van der Waals surface area (Å²) in [5.41, 5.74) is 9.09. The van der Waals surface area contributed by atoms with Gasteiger partial charge in [-0.1, -0.05) is 0 Å². The third-order valence-corrected chi connectivity index (χ3v) is 31.7. The Kier molecular flexibility index (Phi) is 9.01. The summed E-state index contributed by atoms with van der Waals surface area (Å²) in [5.74, 6) is 0. The van der Waals surface area contributed by atoms with Gasteiger partial charge in [0.25, 0.3) is 0 Å². The SMILES string of the molecule is CCC1=[C]([Hf]([CH3])([CH3])(=[SiH2])[C]2=C(CC)C=C(c3ccccc3)C2)CC(c2ccccc2)=C1.Cl.Cl. The summed E-state index contributed by atoms with van der Waals surface area (Å²) in [4.78, 5) is 0. The smallest absolute Gasteiger partial charge is 0.147 e. The van der Waals surface area contributed by atoms with Gasteiger partial charge >= 0.3 is 186 Å². The second-order valence-electron chi connectivity index (χ2n) is 9.83. The first-order valence-corrected chi connectivity index (χ1v) is 30.5. The van der Waals surface area contributed by atoms with E-state index < -0.39 is 17.1 Å². The van der Waals surface area contributed by atoms with E-state index in [1.54, 1.807) is 11.1 Å². The third kappa shape index (κ3) is 5.09. The summed E-state index contributed by atoms with van der Waals surface area (Å²) >= 11 is -3.40. The maximum absolute atomic E-state index is 3.40. The van der Waals surface area contributed by atoms with Crippen molar-refractivity contribution in [1.82, 2.24) is 0 Å². The molecule has 2 aromatic rings. The molecule has 170 valence electrons. The molecule has 0 spiro atoms. The van der Waals surface area contributed by atoms with Gasteiger partial charge in [-0.3, -0.25) is 0 Å². The molecule has 0 radical (unpaired) electrons. The summed E-state index contributed by atoms with van der Waals surface area (Å²) in [6.07, 6.45) is 9.64. The number of allylic oxidation sites excluding steroid dienone is 8. The van der Waals surface area contributed by atoms with Gasteiger partial charge in [0.05, 0.1) is 0 Å². The Morgan fingerprint density at radius 2 is 1.00 bits per heavy atom. The van der Waals surface area contributed by atoms with Gasteiger partial charge in [-0.2, -0.15) is 0 Å². The molecule has 2 aliphatic rings. The zero-order chi connectivity index (χ0) is 21.4. The second kappa shape index (κ2) is 10.6. The first kappa shape index (κ1) is 27.3. The van der Waals surface area contributed by atoms with Gasteiger partial charge in [0, 0.05) is 0 Å². The van der Waals surface area contributed by atoms with Crippen molar-refractivity contribution >= 4 is 42.9 Å². The van der Waals surface area contributed by atoms with Gasteiger partial charge in [0.2, 0.25) is 0 Å². The molecule has 0 nitrogen and oxygen atoms in total. The zero-order valence-corrected chi connectivity index (χ0v) is 26.4. The fourth-order valence-electron chi connectivity index (χ4n) is 5.39. The molecule has 0 amide bonds. The van der Waals surface area contributed by atoms with Gasteiger partial charge in [-0.15, -0.1) is 24.8 Å². The molecule has 0 unspecified atom stereocenters. The number of rotatable bonds is 6. The van der Waals surface area contributed by atoms with E-state index in [0.29, 0.717) is 0 Å². The zero-order valence-electron chi connectivity index (χ0n) is 19.8. The molecule has 0 bridgehead atoms. The summed E-state index contributed by atoms with van der Waals surface area (Å²) < 4.78 is 9.07. The van der Waals surface area contributed by atoms with Crippen LogP contribution in [0.1, 0.15) is 50.7 Å². The van der Waals surface area contributed by atoms with E-state index in [9.17, 15) is 0 Å². The first-order chi connectivity index (χ1) is 14.3. The minimum atomic E-state index is -3.40. The molecule has 0 aliphatic heterocycles. The van der Waals surface area contributed by atoms with Crippen molar-refractivity contribution in [1.29, 1.82) is 0 Å². The summed E-state index contributed by atoms with van der Waals surface area (Å²) in [5, 5.41) is 0. The maximum atomic E-state index is 2.70. The predicted molar refractivity (Wildman–Crippen MR) is 147 cm³/mol. The Bertz CT molecular complexity index is 1070. The number of hydrogen-bond acceptors (Lipinski definition) is 0. The number of benzene rings is 2. The topological polar surface area (TPSA) is 0 Å². The van der Waals surface area contributed by atoms with Crippen LogP contribution in [0.25, 0.3) is 11.1 Å². The quantitative estimate of drug-likeness (QED) is 0.276. The average molecular weight is 650 g/mol. The van der Waals surface area contributed by atoms with E-state index in [2.05, 4.69) is 103 Å². The van der Waals surface area contributed by atoms with Gasteiger partial charge in [0.15, 0.2) is 0 Å². The van der Waals surface area contributed by atoms with E-state index in [-0.39, 0.29) is 24.8 Å². The van der Waals surface area contributed by atoms with Crippen LogP contribution in [0.2, 0.25) is 9.36 Å². The Labute approximate surface area is 209 Å². The van der Waals surface area contributed by atoms with E-state index in [0.717, 1.165) is 25.7 Å². The van der Waals surface area contributed by atoms with Crippen LogP contribution in [0.15, 0.2) is 90.6 Å². The number of halogens is 2. The van der Waals surface area contributed by atoms with Crippen LogP contribution in [-0.4, -0.2) is 6.94 Å². The number of hydrogen-bond donors (Lipinski definition) is 0. The van der Waals surface area contributed by atoms with Gasteiger partial charge in [-0.05, 0) is 0 Å². The fraction of sp³-hybridized carbons (Fsp3) is 0.286. The third-order valence-electron chi connectivity index (χ3n) is 7.19. The monoisotopic (exact) mass is 650 g/mol. The molecule has 4 heteroatoms. The van der Waals surface area contributed by atoms with Crippen molar-refractivity contribution in [3.05, 3.63) is 102 Å². The standard InChI is InChI=1S/2C13H13.2CH3.2ClH.Hf.H2Si/c2*1-2-11-8-9-13(10-11)12-6-4-3-5-7-12;;;;;;/h2*3-7,10H,2,9H2,1H3;2*1H3;2*1H;;1H2. The van der Waals surface area contributed by atoms with Crippen LogP contribution in [0.4, 0.5) is 0 Å². The maximum Gasteiger partial charge on any atom is -0.147 e. The van der Waals surface area contributed by atoms with Crippen molar-refractivity contribution in [2.45, 2.75) is 48.9 Å². The molecule has 0 saturated heterocycles. The van der Waals surface area contributed by atoms with Crippen molar-refractivity contribution < 1.29 is 17.1 Å². The van der Waals surface area contributed by atoms with E-state index in [1.165, 1.54) is 22.3 Å². The summed E-state index contributed by atoms with van der Waals surface area (Å²) in [6, 6.07) is 22.0. The largest absolute Gasteiger partial charge is 0.147 e. The first-order valence-electron chi connectivity index (χ1n) is 11.4. The Morgan fingerprint density at radius 1 is 0.656 bits per heavy atom. The van der Waals surface area contributed by atoms with Crippen LogP contribution in [-0.2, 0) is 17.1 Å². The molecule has 0 fully saturated rings. The summed E-state index contributed by atoms with van der Waals surface area (Å²) in [6.45, 7) is 7.10.